The molecule has 1 atom stereocenters. The monoisotopic (exact) mass is 558 g/mol. The first kappa shape index (κ1) is 28.3. The minimum absolute atomic E-state index is 0.0426. The van der Waals surface area contributed by atoms with E-state index in [0.29, 0.717) is 48.7 Å². The summed E-state index contributed by atoms with van der Waals surface area (Å²) in [7, 11) is 3.97. The summed E-state index contributed by atoms with van der Waals surface area (Å²) < 4.78 is 20.9. The molecule has 1 unspecified atom stereocenters. The number of carbonyl (C=O) groups is 2. The molecule has 0 bridgehead atoms. The second kappa shape index (κ2) is 12.1. The van der Waals surface area contributed by atoms with E-state index in [1.807, 2.05) is 51.5 Å². The SMILES string of the molecule is Cc1c[nH]c2nccc(Oc3ccc(CC(N)C(=O)N4CCN(C(=O)c5cccc(CN(C)C)c5)CC4)cc3F)c12. The molecule has 214 valence electrons. The Labute approximate surface area is 238 Å². The fourth-order valence-electron chi connectivity index (χ4n) is 5.20. The van der Waals surface area contributed by atoms with Crippen LogP contribution in [0.3, 0.4) is 0 Å². The lowest BCUT2D eigenvalue weighted by Crippen LogP contribution is -2.54. The number of fused-ring (bicyclic) bond motifs is 1. The van der Waals surface area contributed by atoms with E-state index in [9.17, 15) is 14.0 Å². The summed E-state index contributed by atoms with van der Waals surface area (Å²) in [4.78, 5) is 39.0. The number of H-pyrrole nitrogens is 1. The van der Waals surface area contributed by atoms with Gasteiger partial charge in [-0.1, -0.05) is 18.2 Å². The summed E-state index contributed by atoms with van der Waals surface area (Å²) in [5, 5.41) is 0.795. The molecule has 0 aliphatic carbocycles. The highest BCUT2D eigenvalue weighted by Gasteiger charge is 2.28. The highest BCUT2D eigenvalue weighted by Crippen LogP contribution is 2.32. The van der Waals surface area contributed by atoms with Gasteiger partial charge in [-0.2, -0.15) is 0 Å². The number of ether oxygens (including phenoxy) is 1. The number of benzene rings is 2. The maximum absolute atomic E-state index is 15.0. The Morgan fingerprint density at radius 3 is 2.54 bits per heavy atom. The van der Waals surface area contributed by atoms with Crippen molar-refractivity contribution in [1.82, 2.24) is 24.7 Å². The molecule has 0 spiro atoms. The molecule has 0 saturated carbocycles. The second-order valence-electron chi connectivity index (χ2n) is 10.7. The lowest BCUT2D eigenvalue weighted by atomic mass is 10.0. The van der Waals surface area contributed by atoms with Crippen LogP contribution in [0.25, 0.3) is 11.0 Å². The maximum atomic E-state index is 15.0. The van der Waals surface area contributed by atoms with Crippen molar-refractivity contribution in [2.45, 2.75) is 25.9 Å². The standard InChI is InChI=1S/C31H35FN6O3/c1-20-18-35-29-28(20)27(9-10-34-29)41-26-8-7-21(16-24(26)32)17-25(33)31(40)38-13-11-37(12-14-38)30(39)23-6-4-5-22(15-23)19-36(2)3/h4-10,15-16,18,25H,11-14,17,19,33H2,1-3H3,(H,34,35). The highest BCUT2D eigenvalue weighted by atomic mass is 19.1. The van der Waals surface area contributed by atoms with E-state index in [1.165, 1.54) is 6.07 Å². The van der Waals surface area contributed by atoms with Crippen molar-refractivity contribution in [3.63, 3.8) is 0 Å². The number of aromatic amines is 1. The van der Waals surface area contributed by atoms with Gasteiger partial charge >= 0.3 is 0 Å². The molecule has 10 heteroatoms. The van der Waals surface area contributed by atoms with Gasteiger partial charge in [0.05, 0.1) is 11.4 Å². The third kappa shape index (κ3) is 6.39. The Hall–Kier alpha value is -4.28. The number of aryl methyl sites for hydroxylation is 1. The Morgan fingerprint density at radius 1 is 1.05 bits per heavy atom. The van der Waals surface area contributed by atoms with Crippen molar-refractivity contribution < 1.29 is 18.7 Å². The first-order valence-electron chi connectivity index (χ1n) is 13.7. The van der Waals surface area contributed by atoms with Crippen molar-refractivity contribution >= 4 is 22.8 Å². The number of rotatable bonds is 8. The second-order valence-corrected chi connectivity index (χ2v) is 10.7. The van der Waals surface area contributed by atoms with E-state index >= 15 is 0 Å². The molecule has 4 aromatic rings. The van der Waals surface area contributed by atoms with Crippen LogP contribution in [0.4, 0.5) is 4.39 Å². The Bertz CT molecular complexity index is 1560. The van der Waals surface area contributed by atoms with Crippen molar-refractivity contribution in [3.8, 4) is 11.5 Å². The molecular formula is C31H35FN6O3. The van der Waals surface area contributed by atoms with E-state index < -0.39 is 11.9 Å². The molecule has 1 aliphatic heterocycles. The fraction of sp³-hybridized carbons (Fsp3) is 0.323. The van der Waals surface area contributed by atoms with Crippen LogP contribution in [0.5, 0.6) is 11.5 Å². The Kier molecular flexibility index (Phi) is 8.32. The summed E-state index contributed by atoms with van der Waals surface area (Å²) in [5.74, 6) is -0.213. The number of amides is 2. The molecule has 9 nitrogen and oxygen atoms in total. The van der Waals surface area contributed by atoms with Crippen LogP contribution in [0, 0.1) is 12.7 Å². The van der Waals surface area contributed by atoms with Crippen LogP contribution in [0.1, 0.15) is 27.0 Å². The van der Waals surface area contributed by atoms with Gasteiger partial charge in [0, 0.05) is 50.7 Å². The Morgan fingerprint density at radius 2 is 1.80 bits per heavy atom. The number of hydrogen-bond donors (Lipinski definition) is 2. The van der Waals surface area contributed by atoms with Crippen molar-refractivity contribution in [2.75, 3.05) is 40.3 Å². The van der Waals surface area contributed by atoms with E-state index in [0.717, 1.165) is 23.1 Å². The molecule has 3 N–H and O–H groups in total. The number of piperazine rings is 1. The quantitative estimate of drug-likeness (QED) is 0.341. The molecule has 3 heterocycles. The van der Waals surface area contributed by atoms with Gasteiger partial charge in [-0.15, -0.1) is 0 Å². The highest BCUT2D eigenvalue weighted by molar-refractivity contribution is 5.94. The van der Waals surface area contributed by atoms with E-state index in [2.05, 4.69) is 14.9 Å². The number of aromatic nitrogens is 2. The van der Waals surface area contributed by atoms with E-state index in [4.69, 9.17) is 10.5 Å². The summed E-state index contributed by atoms with van der Waals surface area (Å²) in [5.41, 5.74) is 10.2. The summed E-state index contributed by atoms with van der Waals surface area (Å²) in [6.45, 7) is 4.33. The number of hydrogen-bond acceptors (Lipinski definition) is 6. The van der Waals surface area contributed by atoms with Crippen LogP contribution in [-0.2, 0) is 17.8 Å². The molecule has 2 aromatic heterocycles. The zero-order chi connectivity index (χ0) is 29.1. The van der Waals surface area contributed by atoms with Crippen LogP contribution in [-0.4, -0.2) is 82.8 Å². The third-order valence-corrected chi connectivity index (χ3v) is 7.27. The minimum Gasteiger partial charge on any atom is -0.453 e. The zero-order valence-electron chi connectivity index (χ0n) is 23.6. The van der Waals surface area contributed by atoms with E-state index in [-0.39, 0.29) is 24.0 Å². The molecule has 1 fully saturated rings. The van der Waals surface area contributed by atoms with Gasteiger partial charge in [0.25, 0.3) is 5.91 Å². The molecular weight excluding hydrogens is 523 g/mol. The molecule has 5 rings (SSSR count). The van der Waals surface area contributed by atoms with Gasteiger partial charge in [-0.25, -0.2) is 9.37 Å². The number of pyridine rings is 1. The molecule has 1 saturated heterocycles. The van der Waals surface area contributed by atoms with Crippen molar-refractivity contribution in [1.29, 1.82) is 0 Å². The molecule has 41 heavy (non-hydrogen) atoms. The molecule has 2 aromatic carbocycles. The van der Waals surface area contributed by atoms with Gasteiger partial charge in [-0.3, -0.25) is 9.59 Å². The van der Waals surface area contributed by atoms with Crippen LogP contribution in [0.2, 0.25) is 0 Å². The average molecular weight is 559 g/mol. The number of carbonyl (C=O) groups excluding carboxylic acids is 2. The topological polar surface area (TPSA) is 108 Å². The zero-order valence-corrected chi connectivity index (χ0v) is 23.6. The largest absolute Gasteiger partial charge is 0.453 e. The summed E-state index contributed by atoms with van der Waals surface area (Å²) in [6, 6.07) is 13.1. The lowest BCUT2D eigenvalue weighted by Gasteiger charge is -2.36. The van der Waals surface area contributed by atoms with Crippen molar-refractivity contribution in [3.05, 3.63) is 89.0 Å². The minimum atomic E-state index is -0.825. The normalized spacial score (nSPS) is 14.5. The van der Waals surface area contributed by atoms with Gasteiger partial charge in [-0.05, 0) is 74.5 Å². The van der Waals surface area contributed by atoms with Gasteiger partial charge in [0.2, 0.25) is 5.91 Å². The third-order valence-electron chi connectivity index (χ3n) is 7.27. The van der Waals surface area contributed by atoms with Crippen LogP contribution in [0.15, 0.2) is 60.9 Å². The van der Waals surface area contributed by atoms with Gasteiger partial charge in [0.15, 0.2) is 11.6 Å². The number of halogens is 1. The number of nitrogens with two attached hydrogens (primary N) is 1. The Balaban J connectivity index is 1.16. The molecule has 2 amide bonds. The maximum Gasteiger partial charge on any atom is 0.253 e. The van der Waals surface area contributed by atoms with Crippen LogP contribution >= 0.6 is 0 Å². The van der Waals surface area contributed by atoms with Gasteiger partial charge < -0.3 is 30.2 Å². The smallest absolute Gasteiger partial charge is 0.253 e. The van der Waals surface area contributed by atoms with Crippen molar-refractivity contribution in [2.24, 2.45) is 5.73 Å². The number of nitrogens with one attached hydrogen (secondary N) is 1. The molecule has 0 radical (unpaired) electrons. The summed E-state index contributed by atoms with van der Waals surface area (Å²) >= 11 is 0. The lowest BCUT2D eigenvalue weighted by molar-refractivity contribution is -0.134. The predicted molar refractivity (Wildman–Crippen MR) is 155 cm³/mol. The predicted octanol–water partition coefficient (Wildman–Crippen LogP) is 3.72. The summed E-state index contributed by atoms with van der Waals surface area (Å²) in [6.07, 6.45) is 3.61. The fourth-order valence-corrected chi connectivity index (χ4v) is 5.20. The average Bonchev–Trinajstić information content (AvgIpc) is 3.35. The number of nitrogens with zero attached hydrogens (tertiary/aromatic N) is 4. The first-order valence-corrected chi connectivity index (χ1v) is 13.7. The van der Waals surface area contributed by atoms with Gasteiger partial charge in [0.1, 0.15) is 11.4 Å². The first-order chi connectivity index (χ1) is 19.7. The van der Waals surface area contributed by atoms with Crippen LogP contribution < -0.4 is 10.5 Å². The van der Waals surface area contributed by atoms with E-state index in [1.54, 1.807) is 34.2 Å². The molecule has 1 aliphatic rings.